The Hall–Kier alpha value is -4.84. The molecular formula is C31H24O6. The summed E-state index contributed by atoms with van der Waals surface area (Å²) < 4.78 is 9.83. The lowest BCUT2D eigenvalue weighted by molar-refractivity contribution is -0.153. The summed E-state index contributed by atoms with van der Waals surface area (Å²) in [6.45, 7) is -0.993. The van der Waals surface area contributed by atoms with Crippen molar-refractivity contribution >= 4 is 23.5 Å². The zero-order valence-corrected chi connectivity index (χ0v) is 20.0. The number of ether oxygens (including phenoxy) is 2. The van der Waals surface area contributed by atoms with E-state index in [2.05, 4.69) is 0 Å². The highest BCUT2D eigenvalue weighted by Gasteiger charge is 2.17. The van der Waals surface area contributed by atoms with Gasteiger partial charge in [0.05, 0.1) is 0 Å². The van der Waals surface area contributed by atoms with Crippen LogP contribution in [-0.2, 0) is 19.1 Å². The fourth-order valence-corrected chi connectivity index (χ4v) is 3.64. The minimum atomic E-state index is -0.904. The molecule has 0 radical (unpaired) electrons. The van der Waals surface area contributed by atoms with Gasteiger partial charge in [-0.15, -0.1) is 0 Å². The van der Waals surface area contributed by atoms with E-state index in [9.17, 15) is 19.2 Å². The van der Waals surface area contributed by atoms with Crippen LogP contribution in [0.4, 0.5) is 0 Å². The molecule has 0 heterocycles. The predicted molar refractivity (Wildman–Crippen MR) is 139 cm³/mol. The quantitative estimate of drug-likeness (QED) is 0.164. The molecule has 0 aliphatic carbocycles. The molecule has 0 spiro atoms. The van der Waals surface area contributed by atoms with Crippen molar-refractivity contribution in [1.29, 1.82) is 0 Å². The molecule has 0 aliphatic heterocycles. The monoisotopic (exact) mass is 492 g/mol. The summed E-state index contributed by atoms with van der Waals surface area (Å²) in [5.74, 6) is -2.59. The summed E-state index contributed by atoms with van der Waals surface area (Å²) in [5, 5.41) is 0. The largest absolute Gasteiger partial charge is 0.457 e. The fraction of sp³-hybridized carbons (Fsp3) is 0.0968. The van der Waals surface area contributed by atoms with Gasteiger partial charge in [-0.1, -0.05) is 109 Å². The SMILES string of the molecule is O=C(CC(=O)OCC(=O)c1ccc(-c2ccccc2)cc1)OCC(=O)c1ccc(-c2ccccc2)cc1. The number of hydrogen-bond acceptors (Lipinski definition) is 6. The number of carbonyl (C=O) groups is 4. The van der Waals surface area contributed by atoms with Gasteiger partial charge in [-0.05, 0) is 22.3 Å². The molecule has 0 amide bonds. The molecule has 0 saturated heterocycles. The molecule has 184 valence electrons. The van der Waals surface area contributed by atoms with E-state index in [0.29, 0.717) is 11.1 Å². The second kappa shape index (κ2) is 12.2. The Bertz CT molecular complexity index is 1270. The van der Waals surface area contributed by atoms with Crippen LogP contribution in [0, 0.1) is 0 Å². The molecule has 4 aromatic rings. The van der Waals surface area contributed by atoms with Crippen LogP contribution in [0.2, 0.25) is 0 Å². The first-order valence-corrected chi connectivity index (χ1v) is 11.7. The Kier molecular flexibility index (Phi) is 8.34. The molecule has 6 heteroatoms. The van der Waals surface area contributed by atoms with E-state index in [0.717, 1.165) is 22.3 Å². The number of esters is 2. The molecule has 0 saturated carbocycles. The molecule has 0 aromatic heterocycles. The Balaban J connectivity index is 1.19. The number of hydrogen-bond donors (Lipinski definition) is 0. The zero-order valence-electron chi connectivity index (χ0n) is 20.0. The van der Waals surface area contributed by atoms with Crippen molar-refractivity contribution in [1.82, 2.24) is 0 Å². The van der Waals surface area contributed by atoms with Gasteiger partial charge in [-0.3, -0.25) is 19.2 Å². The molecular weight excluding hydrogens is 468 g/mol. The molecule has 4 aromatic carbocycles. The average molecular weight is 493 g/mol. The number of Topliss-reactive ketones (excluding diaryl/α,β-unsaturated/α-hetero) is 2. The van der Waals surface area contributed by atoms with Crippen molar-refractivity contribution in [3.63, 3.8) is 0 Å². The summed E-state index contributed by atoms with van der Waals surface area (Å²) in [7, 11) is 0. The summed E-state index contributed by atoms with van der Waals surface area (Å²) in [5.41, 5.74) is 4.73. The molecule has 0 N–H and O–H groups in total. The van der Waals surface area contributed by atoms with Gasteiger partial charge in [0.15, 0.2) is 24.8 Å². The minimum absolute atomic E-state index is 0.388. The second-order valence-electron chi connectivity index (χ2n) is 8.23. The smallest absolute Gasteiger partial charge is 0.317 e. The van der Waals surface area contributed by atoms with E-state index in [1.54, 1.807) is 24.3 Å². The van der Waals surface area contributed by atoms with Crippen LogP contribution in [-0.4, -0.2) is 36.7 Å². The van der Waals surface area contributed by atoms with Crippen LogP contribution >= 0.6 is 0 Å². The molecule has 0 unspecified atom stereocenters. The van der Waals surface area contributed by atoms with Crippen molar-refractivity contribution in [2.45, 2.75) is 6.42 Å². The molecule has 0 bridgehead atoms. The minimum Gasteiger partial charge on any atom is -0.457 e. The van der Waals surface area contributed by atoms with E-state index in [4.69, 9.17) is 9.47 Å². The molecule has 37 heavy (non-hydrogen) atoms. The van der Waals surface area contributed by atoms with Crippen molar-refractivity contribution in [2.75, 3.05) is 13.2 Å². The maximum atomic E-state index is 12.3. The lowest BCUT2D eigenvalue weighted by Crippen LogP contribution is -2.20. The second-order valence-corrected chi connectivity index (χ2v) is 8.23. The number of ketones is 2. The number of benzene rings is 4. The average Bonchev–Trinajstić information content (AvgIpc) is 2.95. The highest BCUT2D eigenvalue weighted by molar-refractivity contribution is 6.01. The van der Waals surface area contributed by atoms with E-state index in [1.807, 2.05) is 84.9 Å². The Morgan fingerprint density at radius 1 is 0.432 bits per heavy atom. The standard InChI is InChI=1S/C31H24O6/c32-28(26-15-11-24(12-16-26)22-7-3-1-4-8-22)20-36-30(34)19-31(35)37-21-29(33)27-17-13-25(14-18-27)23-9-5-2-6-10-23/h1-18H,19-21H2. The van der Waals surface area contributed by atoms with Crippen LogP contribution in [0.15, 0.2) is 109 Å². The maximum Gasteiger partial charge on any atom is 0.317 e. The van der Waals surface area contributed by atoms with E-state index >= 15 is 0 Å². The van der Waals surface area contributed by atoms with Crippen LogP contribution in [0.25, 0.3) is 22.3 Å². The Labute approximate surface area is 214 Å². The predicted octanol–water partition coefficient (Wildman–Crippen LogP) is 5.56. The van der Waals surface area contributed by atoms with E-state index in [-0.39, 0.29) is 0 Å². The van der Waals surface area contributed by atoms with Gasteiger partial charge in [0, 0.05) is 11.1 Å². The van der Waals surface area contributed by atoms with Gasteiger partial charge in [-0.2, -0.15) is 0 Å². The molecule has 4 rings (SSSR count). The number of rotatable bonds is 10. The van der Waals surface area contributed by atoms with Gasteiger partial charge in [0.1, 0.15) is 6.42 Å². The third-order valence-electron chi connectivity index (χ3n) is 5.65. The maximum absolute atomic E-state index is 12.3. The van der Waals surface area contributed by atoms with Gasteiger partial charge >= 0.3 is 11.9 Å². The highest BCUT2D eigenvalue weighted by atomic mass is 16.6. The fourth-order valence-electron chi connectivity index (χ4n) is 3.64. The third-order valence-corrected chi connectivity index (χ3v) is 5.65. The molecule has 6 nitrogen and oxygen atoms in total. The lowest BCUT2D eigenvalue weighted by Gasteiger charge is -2.07. The van der Waals surface area contributed by atoms with Gasteiger partial charge in [0.2, 0.25) is 0 Å². The van der Waals surface area contributed by atoms with Crippen LogP contribution in [0.3, 0.4) is 0 Å². The van der Waals surface area contributed by atoms with E-state index in [1.165, 1.54) is 0 Å². The first-order valence-electron chi connectivity index (χ1n) is 11.7. The van der Waals surface area contributed by atoms with Crippen molar-refractivity contribution < 1.29 is 28.7 Å². The van der Waals surface area contributed by atoms with E-state index < -0.39 is 43.1 Å². The summed E-state index contributed by atoms with van der Waals surface area (Å²) in [6, 6.07) is 33.3. The van der Waals surface area contributed by atoms with Gasteiger partial charge in [-0.25, -0.2) is 0 Å². The topological polar surface area (TPSA) is 86.7 Å². The molecule has 0 atom stereocenters. The Morgan fingerprint density at radius 2 is 0.757 bits per heavy atom. The highest BCUT2D eigenvalue weighted by Crippen LogP contribution is 2.20. The van der Waals surface area contributed by atoms with Crippen molar-refractivity contribution in [3.05, 3.63) is 120 Å². The molecule has 0 fully saturated rings. The molecule has 0 aliphatic rings. The van der Waals surface area contributed by atoms with Gasteiger partial charge < -0.3 is 9.47 Å². The van der Waals surface area contributed by atoms with Crippen LogP contribution in [0.1, 0.15) is 27.1 Å². The first-order chi connectivity index (χ1) is 18.0. The Morgan fingerprint density at radius 3 is 1.11 bits per heavy atom. The summed E-state index contributed by atoms with van der Waals surface area (Å²) in [4.78, 5) is 48.6. The first kappa shape index (κ1) is 25.3. The summed E-state index contributed by atoms with van der Waals surface area (Å²) >= 11 is 0. The third kappa shape index (κ3) is 7.08. The van der Waals surface area contributed by atoms with Crippen molar-refractivity contribution in [3.8, 4) is 22.3 Å². The van der Waals surface area contributed by atoms with Crippen LogP contribution in [0.5, 0.6) is 0 Å². The lowest BCUT2D eigenvalue weighted by atomic mass is 10.0. The van der Waals surface area contributed by atoms with Crippen molar-refractivity contribution in [2.24, 2.45) is 0 Å². The van der Waals surface area contributed by atoms with Gasteiger partial charge in [0.25, 0.3) is 0 Å². The normalized spacial score (nSPS) is 10.4. The summed E-state index contributed by atoms with van der Waals surface area (Å²) in [6.07, 6.45) is -0.694. The zero-order chi connectivity index (χ0) is 26.0. The van der Waals surface area contributed by atoms with Crippen LogP contribution < -0.4 is 0 Å². The number of carbonyl (C=O) groups excluding carboxylic acids is 4.